The van der Waals surface area contributed by atoms with Crippen molar-refractivity contribution in [1.82, 2.24) is 0 Å². The number of halogens is 1. The first-order chi connectivity index (χ1) is 6.61. The standard InChI is InChI=1S/C10H11BrO3/c1-7-2-8(5-11)4-9(3-7)14-6-10(12)13/h2-4H,5-6H2,1H3,(H,12,13). The lowest BCUT2D eigenvalue weighted by Gasteiger charge is -2.06. The van der Waals surface area contributed by atoms with Gasteiger partial charge in [0.05, 0.1) is 0 Å². The van der Waals surface area contributed by atoms with Gasteiger partial charge in [0.1, 0.15) is 5.75 Å². The molecule has 0 heterocycles. The lowest BCUT2D eigenvalue weighted by molar-refractivity contribution is -0.139. The third-order valence-corrected chi connectivity index (χ3v) is 2.27. The van der Waals surface area contributed by atoms with Crippen LogP contribution in [0.2, 0.25) is 0 Å². The summed E-state index contributed by atoms with van der Waals surface area (Å²) >= 11 is 3.33. The fourth-order valence-corrected chi connectivity index (χ4v) is 1.45. The summed E-state index contributed by atoms with van der Waals surface area (Å²) in [5, 5.41) is 9.17. The fraction of sp³-hybridized carbons (Fsp3) is 0.300. The van der Waals surface area contributed by atoms with Gasteiger partial charge < -0.3 is 9.84 Å². The van der Waals surface area contributed by atoms with Crippen molar-refractivity contribution in [3.8, 4) is 5.75 Å². The van der Waals surface area contributed by atoms with E-state index in [-0.39, 0.29) is 6.61 Å². The van der Waals surface area contributed by atoms with E-state index in [4.69, 9.17) is 9.84 Å². The molecule has 4 heteroatoms. The molecule has 0 saturated heterocycles. The van der Waals surface area contributed by atoms with Gasteiger partial charge in [-0.05, 0) is 30.2 Å². The van der Waals surface area contributed by atoms with E-state index < -0.39 is 5.97 Å². The maximum atomic E-state index is 10.3. The molecule has 1 N–H and O–H groups in total. The number of hydrogen-bond donors (Lipinski definition) is 1. The fourth-order valence-electron chi connectivity index (χ4n) is 1.13. The minimum Gasteiger partial charge on any atom is -0.482 e. The van der Waals surface area contributed by atoms with Crippen molar-refractivity contribution in [3.05, 3.63) is 29.3 Å². The molecule has 0 aliphatic rings. The zero-order valence-corrected chi connectivity index (χ0v) is 9.37. The quantitative estimate of drug-likeness (QED) is 0.844. The highest BCUT2D eigenvalue weighted by Gasteiger charge is 2.01. The third kappa shape index (κ3) is 3.38. The highest BCUT2D eigenvalue weighted by molar-refractivity contribution is 9.08. The number of ether oxygens (including phenoxy) is 1. The minimum absolute atomic E-state index is 0.300. The van der Waals surface area contributed by atoms with E-state index in [9.17, 15) is 4.79 Å². The van der Waals surface area contributed by atoms with E-state index in [0.717, 1.165) is 16.5 Å². The smallest absolute Gasteiger partial charge is 0.341 e. The Labute approximate surface area is 90.8 Å². The number of hydrogen-bond acceptors (Lipinski definition) is 2. The van der Waals surface area contributed by atoms with Crippen LogP contribution in [0.5, 0.6) is 5.75 Å². The number of benzene rings is 1. The van der Waals surface area contributed by atoms with E-state index >= 15 is 0 Å². The number of carbonyl (C=O) groups is 1. The molecule has 1 aromatic rings. The van der Waals surface area contributed by atoms with Crippen molar-refractivity contribution in [2.45, 2.75) is 12.3 Å². The Morgan fingerprint density at radius 3 is 2.79 bits per heavy atom. The molecule has 3 nitrogen and oxygen atoms in total. The van der Waals surface area contributed by atoms with Crippen LogP contribution in [-0.4, -0.2) is 17.7 Å². The normalized spacial score (nSPS) is 9.86. The predicted molar refractivity (Wildman–Crippen MR) is 56.9 cm³/mol. The first-order valence-electron chi connectivity index (χ1n) is 4.13. The monoisotopic (exact) mass is 258 g/mol. The summed E-state index contributed by atoms with van der Waals surface area (Å²) in [4.78, 5) is 10.3. The molecule has 0 aromatic heterocycles. The summed E-state index contributed by atoms with van der Waals surface area (Å²) in [5.74, 6) is -0.367. The van der Waals surface area contributed by atoms with Crippen molar-refractivity contribution in [2.24, 2.45) is 0 Å². The predicted octanol–water partition coefficient (Wildman–Crippen LogP) is 2.35. The maximum Gasteiger partial charge on any atom is 0.341 e. The molecule has 0 bridgehead atoms. The Bertz CT molecular complexity index is 336. The largest absolute Gasteiger partial charge is 0.482 e. The van der Waals surface area contributed by atoms with Crippen molar-refractivity contribution >= 4 is 21.9 Å². The van der Waals surface area contributed by atoms with Crippen molar-refractivity contribution < 1.29 is 14.6 Å². The van der Waals surface area contributed by atoms with Crippen molar-refractivity contribution in [2.75, 3.05) is 6.61 Å². The molecule has 0 atom stereocenters. The van der Waals surface area contributed by atoms with Gasteiger partial charge in [0.15, 0.2) is 6.61 Å². The number of carboxylic acids is 1. The average Bonchev–Trinajstić information content (AvgIpc) is 2.14. The Kier molecular flexibility index (Phi) is 3.95. The molecule has 1 aromatic carbocycles. The molecule has 0 radical (unpaired) electrons. The van der Waals surface area contributed by atoms with Gasteiger partial charge in [0.25, 0.3) is 0 Å². The lowest BCUT2D eigenvalue weighted by Crippen LogP contribution is -2.09. The number of aryl methyl sites for hydroxylation is 1. The summed E-state index contributed by atoms with van der Waals surface area (Å²) in [6.45, 7) is 1.64. The highest BCUT2D eigenvalue weighted by atomic mass is 79.9. The zero-order chi connectivity index (χ0) is 10.6. The summed E-state index contributed by atoms with van der Waals surface area (Å²) in [6.07, 6.45) is 0. The van der Waals surface area contributed by atoms with Gasteiger partial charge in [-0.1, -0.05) is 22.0 Å². The molecule has 0 aliphatic carbocycles. The molecule has 76 valence electrons. The second kappa shape index (κ2) is 5.00. The Morgan fingerprint density at radius 1 is 1.50 bits per heavy atom. The zero-order valence-electron chi connectivity index (χ0n) is 7.79. The summed E-state index contributed by atoms with van der Waals surface area (Å²) in [6, 6.07) is 5.65. The third-order valence-electron chi connectivity index (χ3n) is 1.63. The van der Waals surface area contributed by atoms with Crippen LogP contribution in [0.25, 0.3) is 0 Å². The Balaban J connectivity index is 2.76. The van der Waals surface area contributed by atoms with E-state index in [0.29, 0.717) is 5.75 Å². The Hall–Kier alpha value is -1.03. The molecule has 0 aliphatic heterocycles. The molecule has 1 rings (SSSR count). The van der Waals surface area contributed by atoms with Gasteiger partial charge in [-0.25, -0.2) is 4.79 Å². The number of aliphatic carboxylic acids is 1. The minimum atomic E-state index is -0.966. The molecular weight excluding hydrogens is 248 g/mol. The van der Waals surface area contributed by atoms with Gasteiger partial charge in [-0.15, -0.1) is 0 Å². The van der Waals surface area contributed by atoms with Crippen LogP contribution in [0, 0.1) is 6.92 Å². The molecular formula is C10H11BrO3. The summed E-state index contributed by atoms with van der Waals surface area (Å²) < 4.78 is 5.07. The Morgan fingerprint density at radius 2 is 2.21 bits per heavy atom. The molecule has 14 heavy (non-hydrogen) atoms. The molecule has 0 saturated carbocycles. The van der Waals surface area contributed by atoms with Crippen LogP contribution in [0.4, 0.5) is 0 Å². The molecule has 0 amide bonds. The molecule has 0 unspecified atom stereocenters. The van der Waals surface area contributed by atoms with Gasteiger partial charge in [-0.3, -0.25) is 0 Å². The first kappa shape index (κ1) is 11.0. The van der Waals surface area contributed by atoms with Crippen LogP contribution < -0.4 is 4.74 Å². The van der Waals surface area contributed by atoms with Crippen LogP contribution in [0.1, 0.15) is 11.1 Å². The molecule has 0 spiro atoms. The summed E-state index contributed by atoms with van der Waals surface area (Å²) in [7, 11) is 0. The van der Waals surface area contributed by atoms with E-state index in [2.05, 4.69) is 15.9 Å². The highest BCUT2D eigenvalue weighted by Crippen LogP contribution is 2.18. The van der Waals surface area contributed by atoms with E-state index in [1.54, 1.807) is 0 Å². The van der Waals surface area contributed by atoms with Gasteiger partial charge in [0.2, 0.25) is 0 Å². The topological polar surface area (TPSA) is 46.5 Å². The van der Waals surface area contributed by atoms with Gasteiger partial charge in [-0.2, -0.15) is 0 Å². The average molecular weight is 259 g/mol. The second-order valence-corrected chi connectivity index (χ2v) is 3.53. The van der Waals surface area contributed by atoms with Gasteiger partial charge in [0, 0.05) is 5.33 Å². The molecule has 0 fully saturated rings. The second-order valence-electron chi connectivity index (χ2n) is 2.97. The number of rotatable bonds is 4. The van der Waals surface area contributed by atoms with Crippen LogP contribution in [0.15, 0.2) is 18.2 Å². The maximum absolute atomic E-state index is 10.3. The first-order valence-corrected chi connectivity index (χ1v) is 5.25. The lowest BCUT2D eigenvalue weighted by atomic mass is 10.1. The SMILES string of the molecule is Cc1cc(CBr)cc(OCC(=O)O)c1. The van der Waals surface area contributed by atoms with Crippen molar-refractivity contribution in [1.29, 1.82) is 0 Å². The van der Waals surface area contributed by atoms with E-state index in [1.165, 1.54) is 0 Å². The van der Waals surface area contributed by atoms with Gasteiger partial charge >= 0.3 is 5.97 Å². The van der Waals surface area contributed by atoms with Crippen molar-refractivity contribution in [3.63, 3.8) is 0 Å². The van der Waals surface area contributed by atoms with Crippen LogP contribution in [0.3, 0.4) is 0 Å². The number of carboxylic acid groups (broad SMARTS) is 1. The summed E-state index contributed by atoms with van der Waals surface area (Å²) in [5.41, 5.74) is 2.13. The van der Waals surface area contributed by atoms with Crippen LogP contribution >= 0.6 is 15.9 Å². The van der Waals surface area contributed by atoms with Crippen LogP contribution in [-0.2, 0) is 10.1 Å². The van der Waals surface area contributed by atoms with E-state index in [1.807, 2.05) is 25.1 Å². The number of alkyl halides is 1.